The number of hydrogen-bond acceptors (Lipinski definition) is 5. The standard InChI is InChI=1S/C15H14N2O4/c1-9-11(6-13(21-9)15(18)19)8-17-14-10(7-16)4-3-5-12(14)20-2/h3-6,17H,8H2,1-2H3,(H,18,19). The number of nitriles is 1. The van der Waals surface area contributed by atoms with Crippen molar-refractivity contribution in [3.05, 3.63) is 46.9 Å². The van der Waals surface area contributed by atoms with E-state index in [2.05, 4.69) is 11.4 Å². The lowest BCUT2D eigenvalue weighted by Gasteiger charge is -2.12. The van der Waals surface area contributed by atoms with Crippen LogP contribution in [0, 0.1) is 18.3 Å². The molecule has 6 heteroatoms. The van der Waals surface area contributed by atoms with Crippen molar-refractivity contribution in [1.29, 1.82) is 5.26 Å². The zero-order valence-electron chi connectivity index (χ0n) is 11.6. The van der Waals surface area contributed by atoms with Crippen molar-refractivity contribution in [3.8, 4) is 11.8 Å². The quantitative estimate of drug-likeness (QED) is 0.877. The monoisotopic (exact) mass is 286 g/mol. The van der Waals surface area contributed by atoms with E-state index in [9.17, 15) is 4.79 Å². The molecule has 2 N–H and O–H groups in total. The van der Waals surface area contributed by atoms with E-state index in [0.29, 0.717) is 34.9 Å². The Morgan fingerprint density at radius 2 is 2.29 bits per heavy atom. The number of anilines is 1. The third-order valence-corrected chi connectivity index (χ3v) is 3.05. The Morgan fingerprint density at radius 3 is 2.86 bits per heavy atom. The molecule has 0 fully saturated rings. The van der Waals surface area contributed by atoms with Gasteiger partial charge in [0.05, 0.1) is 18.4 Å². The Labute approximate surface area is 121 Å². The van der Waals surface area contributed by atoms with Crippen LogP contribution in [0.5, 0.6) is 5.75 Å². The van der Waals surface area contributed by atoms with Gasteiger partial charge in [-0.1, -0.05) is 6.07 Å². The number of rotatable bonds is 5. The summed E-state index contributed by atoms with van der Waals surface area (Å²) in [7, 11) is 1.52. The van der Waals surface area contributed by atoms with Crippen LogP contribution in [0.25, 0.3) is 0 Å². The fourth-order valence-electron chi connectivity index (χ4n) is 1.96. The van der Waals surface area contributed by atoms with Crippen molar-refractivity contribution in [2.24, 2.45) is 0 Å². The Kier molecular flexibility index (Phi) is 4.14. The highest BCUT2D eigenvalue weighted by Gasteiger charge is 2.14. The van der Waals surface area contributed by atoms with Crippen molar-refractivity contribution in [1.82, 2.24) is 0 Å². The number of para-hydroxylation sites is 1. The molecule has 0 amide bonds. The van der Waals surface area contributed by atoms with Crippen molar-refractivity contribution < 1.29 is 19.1 Å². The number of aromatic carboxylic acids is 1. The number of nitrogens with zero attached hydrogens (tertiary/aromatic N) is 1. The van der Waals surface area contributed by atoms with E-state index in [1.54, 1.807) is 25.1 Å². The number of carboxylic acids is 1. The molecule has 0 saturated carbocycles. The van der Waals surface area contributed by atoms with Crippen molar-refractivity contribution in [3.63, 3.8) is 0 Å². The summed E-state index contributed by atoms with van der Waals surface area (Å²) in [5.74, 6) is -0.147. The van der Waals surface area contributed by atoms with Crippen LogP contribution in [0.3, 0.4) is 0 Å². The van der Waals surface area contributed by atoms with Gasteiger partial charge in [0.25, 0.3) is 0 Å². The number of hydrogen-bond donors (Lipinski definition) is 2. The first-order valence-electron chi connectivity index (χ1n) is 6.20. The molecule has 21 heavy (non-hydrogen) atoms. The third kappa shape index (κ3) is 2.98. The molecule has 2 rings (SSSR count). The van der Waals surface area contributed by atoms with Gasteiger partial charge in [-0.2, -0.15) is 5.26 Å². The van der Waals surface area contributed by atoms with Crippen LogP contribution in [0.15, 0.2) is 28.7 Å². The number of furan rings is 1. The summed E-state index contributed by atoms with van der Waals surface area (Å²) in [5.41, 5.74) is 1.73. The fourth-order valence-corrected chi connectivity index (χ4v) is 1.96. The average molecular weight is 286 g/mol. The number of benzene rings is 1. The number of carboxylic acid groups (broad SMARTS) is 1. The maximum Gasteiger partial charge on any atom is 0.371 e. The first kappa shape index (κ1) is 14.5. The first-order valence-corrected chi connectivity index (χ1v) is 6.20. The van der Waals surface area contributed by atoms with Gasteiger partial charge in [-0.15, -0.1) is 0 Å². The second-order valence-electron chi connectivity index (χ2n) is 4.35. The maximum absolute atomic E-state index is 10.9. The molecule has 1 heterocycles. The number of methoxy groups -OCH3 is 1. The van der Waals surface area contributed by atoms with Crippen LogP contribution in [-0.4, -0.2) is 18.2 Å². The molecular formula is C15H14N2O4. The minimum Gasteiger partial charge on any atom is -0.495 e. The summed E-state index contributed by atoms with van der Waals surface area (Å²) in [6.45, 7) is 2.02. The lowest BCUT2D eigenvalue weighted by molar-refractivity contribution is 0.0661. The summed E-state index contributed by atoms with van der Waals surface area (Å²) in [6.07, 6.45) is 0. The van der Waals surface area contributed by atoms with Gasteiger partial charge in [0, 0.05) is 12.1 Å². The van der Waals surface area contributed by atoms with E-state index >= 15 is 0 Å². The zero-order valence-corrected chi connectivity index (χ0v) is 11.6. The van der Waals surface area contributed by atoms with Crippen molar-refractivity contribution >= 4 is 11.7 Å². The normalized spacial score (nSPS) is 9.95. The number of nitrogens with one attached hydrogen (secondary N) is 1. The number of carbonyl (C=O) groups is 1. The van der Waals surface area contributed by atoms with E-state index < -0.39 is 5.97 Å². The van der Waals surface area contributed by atoms with Gasteiger partial charge < -0.3 is 19.6 Å². The summed E-state index contributed by atoms with van der Waals surface area (Å²) in [6, 6.07) is 8.70. The molecule has 0 saturated heterocycles. The largest absolute Gasteiger partial charge is 0.495 e. The molecule has 0 spiro atoms. The lowest BCUT2D eigenvalue weighted by Crippen LogP contribution is -2.03. The van der Waals surface area contributed by atoms with E-state index in [0.717, 1.165) is 0 Å². The molecule has 2 aromatic rings. The van der Waals surface area contributed by atoms with Gasteiger partial charge in [0.1, 0.15) is 17.6 Å². The zero-order chi connectivity index (χ0) is 15.4. The first-order chi connectivity index (χ1) is 10.1. The predicted octanol–water partition coefficient (Wildman–Crippen LogP) is 2.78. The summed E-state index contributed by atoms with van der Waals surface area (Å²) < 4.78 is 10.4. The predicted molar refractivity (Wildman–Crippen MR) is 75.4 cm³/mol. The smallest absolute Gasteiger partial charge is 0.371 e. The SMILES string of the molecule is COc1cccc(C#N)c1NCc1cc(C(=O)O)oc1C. The Bertz CT molecular complexity index is 713. The van der Waals surface area contributed by atoms with Crippen LogP contribution in [0.2, 0.25) is 0 Å². The fraction of sp³-hybridized carbons (Fsp3) is 0.200. The number of aryl methyl sites for hydroxylation is 1. The number of ether oxygens (including phenoxy) is 1. The molecule has 0 radical (unpaired) electrons. The second kappa shape index (κ2) is 6.01. The van der Waals surface area contributed by atoms with E-state index in [1.165, 1.54) is 13.2 Å². The van der Waals surface area contributed by atoms with Gasteiger partial charge in [0.15, 0.2) is 0 Å². The molecule has 0 aliphatic carbocycles. The lowest BCUT2D eigenvalue weighted by atomic mass is 10.1. The van der Waals surface area contributed by atoms with Gasteiger partial charge in [0.2, 0.25) is 5.76 Å². The van der Waals surface area contributed by atoms with Gasteiger partial charge in [-0.25, -0.2) is 4.79 Å². The molecule has 0 aliphatic heterocycles. The second-order valence-corrected chi connectivity index (χ2v) is 4.35. The third-order valence-electron chi connectivity index (χ3n) is 3.05. The van der Waals surface area contributed by atoms with E-state index in [4.69, 9.17) is 19.5 Å². The minimum absolute atomic E-state index is 0.107. The Balaban J connectivity index is 2.24. The molecule has 0 bridgehead atoms. The Morgan fingerprint density at radius 1 is 1.52 bits per heavy atom. The molecule has 1 aromatic heterocycles. The summed E-state index contributed by atoms with van der Waals surface area (Å²) >= 11 is 0. The highest BCUT2D eigenvalue weighted by atomic mass is 16.5. The highest BCUT2D eigenvalue weighted by Crippen LogP contribution is 2.28. The molecule has 6 nitrogen and oxygen atoms in total. The molecule has 1 aromatic carbocycles. The minimum atomic E-state index is -1.11. The van der Waals surface area contributed by atoms with E-state index in [1.807, 2.05) is 0 Å². The average Bonchev–Trinajstić information content (AvgIpc) is 2.86. The van der Waals surface area contributed by atoms with Crippen LogP contribution in [-0.2, 0) is 6.54 Å². The molecule has 0 aliphatic rings. The van der Waals surface area contributed by atoms with Crippen LogP contribution >= 0.6 is 0 Å². The van der Waals surface area contributed by atoms with E-state index in [-0.39, 0.29) is 5.76 Å². The highest BCUT2D eigenvalue weighted by molar-refractivity contribution is 5.84. The molecular weight excluding hydrogens is 272 g/mol. The van der Waals surface area contributed by atoms with Crippen LogP contribution < -0.4 is 10.1 Å². The van der Waals surface area contributed by atoms with Gasteiger partial charge in [-0.05, 0) is 25.1 Å². The molecule has 108 valence electrons. The molecule has 0 atom stereocenters. The van der Waals surface area contributed by atoms with Crippen molar-refractivity contribution in [2.45, 2.75) is 13.5 Å². The topological polar surface area (TPSA) is 95.5 Å². The summed E-state index contributed by atoms with van der Waals surface area (Å²) in [5, 5.41) is 21.1. The van der Waals surface area contributed by atoms with Gasteiger partial charge in [-0.3, -0.25) is 0 Å². The summed E-state index contributed by atoms with van der Waals surface area (Å²) in [4.78, 5) is 10.9. The van der Waals surface area contributed by atoms with Crippen molar-refractivity contribution in [2.75, 3.05) is 12.4 Å². The molecule has 0 unspecified atom stereocenters. The van der Waals surface area contributed by atoms with Crippen LogP contribution in [0.1, 0.15) is 27.4 Å². The Hall–Kier alpha value is -2.94. The van der Waals surface area contributed by atoms with Crippen LogP contribution in [0.4, 0.5) is 5.69 Å². The maximum atomic E-state index is 10.9. The van der Waals surface area contributed by atoms with Gasteiger partial charge >= 0.3 is 5.97 Å².